The van der Waals surface area contributed by atoms with E-state index in [1.807, 2.05) is 42.9 Å². The van der Waals surface area contributed by atoms with E-state index in [1.54, 1.807) is 47.5 Å². The van der Waals surface area contributed by atoms with Gasteiger partial charge in [-0.3, -0.25) is 4.68 Å². The van der Waals surface area contributed by atoms with E-state index in [4.69, 9.17) is 4.74 Å². The number of anilines is 1. The van der Waals surface area contributed by atoms with Crippen molar-refractivity contribution in [1.82, 2.24) is 29.3 Å². The molecule has 0 fully saturated rings. The molecular formula is C25H23F2N7O. The Morgan fingerprint density at radius 2 is 1.83 bits per heavy atom. The molecular weight excluding hydrogens is 452 g/mol. The first-order chi connectivity index (χ1) is 17.0. The van der Waals surface area contributed by atoms with E-state index >= 15 is 0 Å². The first kappa shape index (κ1) is 22.5. The van der Waals surface area contributed by atoms with Gasteiger partial charge in [0.15, 0.2) is 0 Å². The zero-order valence-electron chi connectivity index (χ0n) is 19.2. The number of aryl methyl sites for hydroxylation is 2. The normalized spacial score (nSPS) is 11.3. The summed E-state index contributed by atoms with van der Waals surface area (Å²) in [4.78, 5) is 13.5. The second-order valence-electron chi connectivity index (χ2n) is 8.11. The highest BCUT2D eigenvalue weighted by Crippen LogP contribution is 2.28. The molecule has 3 aromatic heterocycles. The fourth-order valence-electron chi connectivity index (χ4n) is 3.95. The maximum atomic E-state index is 12.9. The number of fused-ring (bicyclic) bond motifs is 1. The fourth-order valence-corrected chi connectivity index (χ4v) is 3.95. The molecule has 5 aromatic rings. The van der Waals surface area contributed by atoms with Crippen LogP contribution in [-0.2, 0) is 20.1 Å². The molecule has 5 rings (SSSR count). The van der Waals surface area contributed by atoms with Gasteiger partial charge in [0.25, 0.3) is 0 Å². The maximum absolute atomic E-state index is 12.9. The zero-order chi connectivity index (χ0) is 24.4. The molecule has 0 atom stereocenters. The second-order valence-corrected chi connectivity index (χ2v) is 8.11. The summed E-state index contributed by atoms with van der Waals surface area (Å²) in [5.41, 5.74) is 5.16. The summed E-state index contributed by atoms with van der Waals surface area (Å²) in [6.45, 7) is -0.0658. The molecule has 178 valence electrons. The number of aromatic nitrogens is 6. The van der Waals surface area contributed by atoms with Crippen molar-refractivity contribution in [2.75, 3.05) is 5.32 Å². The molecule has 0 unspecified atom stereocenters. The SMILES string of the molecule is Cc1nc2ccc(-c3cnc(NCc4cnn(C)c4)nc3)cc2n1Cc1ccccc1OC(F)F. The summed E-state index contributed by atoms with van der Waals surface area (Å²) in [5.74, 6) is 1.45. The number of nitrogens with one attached hydrogen (secondary N) is 1. The van der Waals surface area contributed by atoms with E-state index in [0.29, 0.717) is 24.6 Å². The number of ether oxygens (including phenoxy) is 1. The largest absolute Gasteiger partial charge is 0.434 e. The standard InChI is InChI=1S/C25H23F2N7O/c1-16-32-21-8-7-18(20-12-29-25(30-13-20)28-10-17-11-31-33(2)14-17)9-22(21)34(16)15-19-5-3-4-6-23(19)35-24(26)27/h3-9,11-14,24H,10,15H2,1-2H3,(H,28,29,30). The van der Waals surface area contributed by atoms with Gasteiger partial charge in [-0.1, -0.05) is 24.3 Å². The Bertz CT molecular complexity index is 1460. The molecule has 0 aliphatic rings. The van der Waals surface area contributed by atoms with E-state index in [0.717, 1.165) is 33.5 Å². The Hall–Kier alpha value is -4.34. The third-order valence-electron chi connectivity index (χ3n) is 5.65. The number of alkyl halides is 2. The van der Waals surface area contributed by atoms with Crippen molar-refractivity contribution >= 4 is 17.0 Å². The number of nitrogens with zero attached hydrogens (tertiary/aromatic N) is 6. The molecule has 3 heterocycles. The van der Waals surface area contributed by atoms with Crippen LogP contribution in [0.15, 0.2) is 67.3 Å². The zero-order valence-corrected chi connectivity index (χ0v) is 19.2. The van der Waals surface area contributed by atoms with E-state index < -0.39 is 6.61 Å². The summed E-state index contributed by atoms with van der Waals surface area (Å²) in [6, 6.07) is 12.7. The lowest BCUT2D eigenvalue weighted by atomic mass is 10.1. The van der Waals surface area contributed by atoms with Crippen LogP contribution in [0.5, 0.6) is 5.75 Å². The first-order valence-electron chi connectivity index (χ1n) is 11.0. The molecule has 0 amide bonds. The van der Waals surface area contributed by atoms with E-state index in [9.17, 15) is 8.78 Å². The van der Waals surface area contributed by atoms with Crippen molar-refractivity contribution in [2.24, 2.45) is 7.05 Å². The molecule has 35 heavy (non-hydrogen) atoms. The van der Waals surface area contributed by atoms with Crippen LogP contribution in [0.1, 0.15) is 17.0 Å². The molecule has 2 aromatic carbocycles. The van der Waals surface area contributed by atoms with Crippen molar-refractivity contribution in [3.8, 4) is 16.9 Å². The van der Waals surface area contributed by atoms with Crippen molar-refractivity contribution in [2.45, 2.75) is 26.6 Å². The lowest BCUT2D eigenvalue weighted by Gasteiger charge is -2.13. The molecule has 0 aliphatic heterocycles. The Morgan fingerprint density at radius 3 is 2.57 bits per heavy atom. The molecule has 0 spiro atoms. The number of rotatable bonds is 8. The van der Waals surface area contributed by atoms with E-state index in [2.05, 4.69) is 25.4 Å². The van der Waals surface area contributed by atoms with E-state index in [-0.39, 0.29) is 5.75 Å². The lowest BCUT2D eigenvalue weighted by molar-refractivity contribution is -0.0504. The summed E-state index contributed by atoms with van der Waals surface area (Å²) in [6.07, 6.45) is 7.25. The quantitative estimate of drug-likeness (QED) is 0.347. The molecule has 0 radical (unpaired) electrons. The number of hydrogen-bond acceptors (Lipinski definition) is 6. The van der Waals surface area contributed by atoms with Gasteiger partial charge < -0.3 is 14.6 Å². The first-order valence-corrected chi connectivity index (χ1v) is 11.0. The predicted octanol–water partition coefficient (Wildman–Crippen LogP) is 4.80. The molecule has 0 saturated carbocycles. The van der Waals surface area contributed by atoms with Gasteiger partial charge in [-0.25, -0.2) is 15.0 Å². The van der Waals surface area contributed by atoms with Crippen LogP contribution in [0.25, 0.3) is 22.2 Å². The van der Waals surface area contributed by atoms with E-state index in [1.165, 1.54) is 0 Å². The minimum atomic E-state index is -2.88. The van der Waals surface area contributed by atoms with Crippen LogP contribution in [0.3, 0.4) is 0 Å². The van der Waals surface area contributed by atoms with Crippen molar-refractivity contribution in [3.05, 3.63) is 84.2 Å². The molecule has 8 nitrogen and oxygen atoms in total. The van der Waals surface area contributed by atoms with Gasteiger partial charge in [-0.2, -0.15) is 13.9 Å². The fraction of sp³-hybridized carbons (Fsp3) is 0.200. The van der Waals surface area contributed by atoms with Gasteiger partial charge in [0.05, 0.1) is 23.8 Å². The van der Waals surface area contributed by atoms with Gasteiger partial charge in [-0.15, -0.1) is 0 Å². The minimum absolute atomic E-state index is 0.155. The number of hydrogen-bond donors (Lipinski definition) is 1. The third-order valence-corrected chi connectivity index (χ3v) is 5.65. The number of para-hydroxylation sites is 1. The molecule has 0 aliphatic carbocycles. The van der Waals surface area contributed by atoms with Crippen LogP contribution in [0, 0.1) is 6.92 Å². The van der Waals surface area contributed by atoms with Crippen LogP contribution >= 0.6 is 0 Å². The van der Waals surface area contributed by atoms with Crippen LogP contribution in [-0.4, -0.2) is 35.9 Å². The Morgan fingerprint density at radius 1 is 1.03 bits per heavy atom. The third kappa shape index (κ3) is 4.96. The van der Waals surface area contributed by atoms with Crippen molar-refractivity contribution in [1.29, 1.82) is 0 Å². The highest BCUT2D eigenvalue weighted by Gasteiger charge is 2.14. The smallest absolute Gasteiger partial charge is 0.387 e. The topological polar surface area (TPSA) is 82.7 Å². The van der Waals surface area contributed by atoms with Gasteiger partial charge in [-0.05, 0) is 30.7 Å². The maximum Gasteiger partial charge on any atom is 0.387 e. The van der Waals surface area contributed by atoms with Crippen molar-refractivity contribution < 1.29 is 13.5 Å². The minimum Gasteiger partial charge on any atom is -0.434 e. The van der Waals surface area contributed by atoms with Crippen molar-refractivity contribution in [3.63, 3.8) is 0 Å². The Kier molecular flexibility index (Phi) is 6.09. The van der Waals surface area contributed by atoms with Gasteiger partial charge >= 0.3 is 6.61 Å². The summed E-state index contributed by atoms with van der Waals surface area (Å²) in [7, 11) is 1.87. The molecule has 0 saturated heterocycles. The summed E-state index contributed by atoms with van der Waals surface area (Å²) in [5, 5.41) is 7.33. The van der Waals surface area contributed by atoms with Crippen LogP contribution < -0.4 is 10.1 Å². The molecule has 1 N–H and O–H groups in total. The van der Waals surface area contributed by atoms with Gasteiger partial charge in [0.2, 0.25) is 5.95 Å². The summed E-state index contributed by atoms with van der Waals surface area (Å²) < 4.78 is 34.1. The average molecular weight is 476 g/mol. The predicted molar refractivity (Wildman–Crippen MR) is 128 cm³/mol. The lowest BCUT2D eigenvalue weighted by Crippen LogP contribution is -2.08. The number of benzene rings is 2. The Balaban J connectivity index is 1.39. The van der Waals surface area contributed by atoms with Crippen LogP contribution in [0.4, 0.5) is 14.7 Å². The Labute approximate surface area is 200 Å². The molecule has 0 bridgehead atoms. The van der Waals surface area contributed by atoms with Gasteiger partial charge in [0, 0.05) is 48.9 Å². The van der Waals surface area contributed by atoms with Gasteiger partial charge in [0.1, 0.15) is 11.6 Å². The monoisotopic (exact) mass is 475 g/mol. The number of halogens is 2. The van der Waals surface area contributed by atoms with Crippen LogP contribution in [0.2, 0.25) is 0 Å². The second kappa shape index (κ2) is 9.49. The number of imidazole rings is 1. The highest BCUT2D eigenvalue weighted by molar-refractivity contribution is 5.82. The molecule has 10 heteroatoms. The summed E-state index contributed by atoms with van der Waals surface area (Å²) >= 11 is 0. The average Bonchev–Trinajstić information content (AvgIpc) is 3.40. The highest BCUT2D eigenvalue weighted by atomic mass is 19.3.